The molecule has 1 saturated heterocycles. The summed E-state index contributed by atoms with van der Waals surface area (Å²) in [5.74, 6) is -0.0149. The van der Waals surface area contributed by atoms with Crippen LogP contribution in [0.1, 0.15) is 61.1 Å². The summed E-state index contributed by atoms with van der Waals surface area (Å²) in [6.45, 7) is 7.33. The molecule has 0 radical (unpaired) electrons. The first-order chi connectivity index (χ1) is 16.8. The molecule has 4 rings (SSSR count). The second kappa shape index (κ2) is 10.8. The molecule has 3 aromatic rings. The molecular weight excluding hydrogens is 440 g/mol. The van der Waals surface area contributed by atoms with Gasteiger partial charge in [-0.2, -0.15) is 5.10 Å². The SMILES string of the molecule is CC(C)(C)OC(=O)N1CCC(c2c(C(=O)NCCc3ccccc3)cnn2-c2ccccc2)CC1. The predicted octanol–water partition coefficient (Wildman–Crippen LogP) is 4.96. The monoisotopic (exact) mass is 474 g/mol. The van der Waals surface area contributed by atoms with Crippen LogP contribution in [0.5, 0.6) is 0 Å². The zero-order valence-corrected chi connectivity index (χ0v) is 20.7. The van der Waals surface area contributed by atoms with Gasteiger partial charge in [-0.3, -0.25) is 4.79 Å². The molecule has 0 spiro atoms. The molecule has 7 heteroatoms. The molecule has 0 aliphatic carbocycles. The summed E-state index contributed by atoms with van der Waals surface area (Å²) in [6.07, 6.45) is 3.62. The van der Waals surface area contributed by atoms with Gasteiger partial charge in [-0.1, -0.05) is 48.5 Å². The van der Waals surface area contributed by atoms with Gasteiger partial charge in [-0.05, 0) is 57.7 Å². The maximum Gasteiger partial charge on any atom is 0.410 e. The van der Waals surface area contributed by atoms with Gasteiger partial charge in [0, 0.05) is 25.6 Å². The normalized spacial score (nSPS) is 14.5. The standard InChI is InChI=1S/C28H34N4O3/c1-28(2,3)35-27(34)31-18-15-22(16-19-31)25-24(20-30-32(25)23-12-8-5-9-13-23)26(33)29-17-14-21-10-6-4-7-11-21/h4-13,20,22H,14-19H2,1-3H3,(H,29,33). The van der Waals surface area contributed by atoms with Gasteiger partial charge < -0.3 is 15.0 Å². The van der Waals surface area contributed by atoms with Crippen LogP contribution in [0.2, 0.25) is 0 Å². The molecule has 0 atom stereocenters. The summed E-state index contributed by atoms with van der Waals surface area (Å²) < 4.78 is 7.42. The van der Waals surface area contributed by atoms with Gasteiger partial charge in [0.25, 0.3) is 5.91 Å². The van der Waals surface area contributed by atoms with Crippen molar-refractivity contribution >= 4 is 12.0 Å². The lowest BCUT2D eigenvalue weighted by Gasteiger charge is -2.34. The number of likely N-dealkylation sites (tertiary alicyclic amines) is 1. The Balaban J connectivity index is 1.50. The first-order valence-corrected chi connectivity index (χ1v) is 12.3. The van der Waals surface area contributed by atoms with E-state index in [1.54, 1.807) is 11.1 Å². The molecule has 2 aromatic carbocycles. The van der Waals surface area contributed by atoms with Gasteiger partial charge in [-0.15, -0.1) is 0 Å². The van der Waals surface area contributed by atoms with Crippen LogP contribution in [0.4, 0.5) is 4.79 Å². The molecule has 1 fully saturated rings. The topological polar surface area (TPSA) is 76.5 Å². The van der Waals surface area contributed by atoms with E-state index >= 15 is 0 Å². The summed E-state index contributed by atoms with van der Waals surface area (Å²) >= 11 is 0. The number of amides is 2. The number of hydrogen-bond acceptors (Lipinski definition) is 4. The number of nitrogens with one attached hydrogen (secondary N) is 1. The van der Waals surface area contributed by atoms with E-state index in [0.717, 1.165) is 30.6 Å². The first-order valence-electron chi connectivity index (χ1n) is 12.3. The van der Waals surface area contributed by atoms with Crippen molar-refractivity contribution in [1.29, 1.82) is 0 Å². The number of benzene rings is 2. The lowest BCUT2D eigenvalue weighted by molar-refractivity contribution is 0.0203. The summed E-state index contributed by atoms with van der Waals surface area (Å²) in [7, 11) is 0. The van der Waals surface area contributed by atoms with E-state index in [0.29, 0.717) is 25.2 Å². The fraction of sp³-hybridized carbons (Fsp3) is 0.393. The highest BCUT2D eigenvalue weighted by molar-refractivity contribution is 5.95. The number of rotatable bonds is 6. The molecule has 7 nitrogen and oxygen atoms in total. The number of ether oxygens (including phenoxy) is 1. The van der Waals surface area contributed by atoms with E-state index in [1.165, 1.54) is 5.56 Å². The van der Waals surface area contributed by atoms with Gasteiger partial charge in [0.15, 0.2) is 0 Å². The number of carbonyl (C=O) groups excluding carboxylic acids is 2. The molecule has 0 unspecified atom stereocenters. The number of hydrogen-bond donors (Lipinski definition) is 1. The maximum absolute atomic E-state index is 13.2. The van der Waals surface area contributed by atoms with Crippen molar-refractivity contribution in [3.63, 3.8) is 0 Å². The largest absolute Gasteiger partial charge is 0.444 e. The van der Waals surface area contributed by atoms with Crippen molar-refractivity contribution in [3.8, 4) is 5.69 Å². The fourth-order valence-corrected chi connectivity index (χ4v) is 4.42. The van der Waals surface area contributed by atoms with Crippen LogP contribution >= 0.6 is 0 Å². The van der Waals surface area contributed by atoms with E-state index in [2.05, 4.69) is 22.5 Å². The van der Waals surface area contributed by atoms with Crippen LogP contribution in [0, 0.1) is 0 Å². The molecule has 184 valence electrons. The van der Waals surface area contributed by atoms with E-state index in [9.17, 15) is 9.59 Å². The molecule has 1 aliphatic rings. The Kier molecular flexibility index (Phi) is 7.54. The number of aromatic nitrogens is 2. The minimum absolute atomic E-state index is 0.103. The Morgan fingerprint density at radius 2 is 1.63 bits per heavy atom. The van der Waals surface area contributed by atoms with Gasteiger partial charge in [-0.25, -0.2) is 9.48 Å². The van der Waals surface area contributed by atoms with Crippen LogP contribution in [-0.2, 0) is 11.2 Å². The summed E-state index contributed by atoms with van der Waals surface area (Å²) in [6, 6.07) is 20.0. The Morgan fingerprint density at radius 1 is 1.00 bits per heavy atom. The van der Waals surface area contributed by atoms with Gasteiger partial charge in [0.1, 0.15) is 5.60 Å². The molecule has 1 N–H and O–H groups in total. The third-order valence-electron chi connectivity index (χ3n) is 6.13. The molecule has 0 saturated carbocycles. The Morgan fingerprint density at radius 3 is 2.26 bits per heavy atom. The molecule has 2 heterocycles. The zero-order chi connectivity index (χ0) is 24.8. The highest BCUT2D eigenvalue weighted by atomic mass is 16.6. The molecule has 2 amide bonds. The fourth-order valence-electron chi connectivity index (χ4n) is 4.42. The van der Waals surface area contributed by atoms with Crippen LogP contribution in [-0.4, -0.2) is 51.9 Å². The van der Waals surface area contributed by atoms with E-state index in [4.69, 9.17) is 4.74 Å². The second-order valence-corrected chi connectivity index (χ2v) is 9.92. The number of carbonyl (C=O) groups is 2. The first kappa shape index (κ1) is 24.5. The Bertz CT molecular complexity index is 1130. The molecule has 0 bridgehead atoms. The van der Waals surface area contributed by atoms with Crippen molar-refractivity contribution in [2.24, 2.45) is 0 Å². The van der Waals surface area contributed by atoms with Gasteiger partial charge >= 0.3 is 6.09 Å². The van der Waals surface area contributed by atoms with E-state index in [-0.39, 0.29) is 17.9 Å². The average Bonchev–Trinajstić information content (AvgIpc) is 3.30. The molecule has 35 heavy (non-hydrogen) atoms. The number of para-hydroxylation sites is 1. The minimum atomic E-state index is -0.523. The second-order valence-electron chi connectivity index (χ2n) is 9.92. The van der Waals surface area contributed by atoms with E-state index < -0.39 is 5.60 Å². The average molecular weight is 475 g/mol. The van der Waals surface area contributed by atoms with Crippen LogP contribution < -0.4 is 5.32 Å². The summed E-state index contributed by atoms with van der Waals surface area (Å²) in [4.78, 5) is 27.5. The molecule has 1 aromatic heterocycles. The quantitative estimate of drug-likeness (QED) is 0.548. The third-order valence-corrected chi connectivity index (χ3v) is 6.13. The highest BCUT2D eigenvalue weighted by Crippen LogP contribution is 2.32. The lowest BCUT2D eigenvalue weighted by atomic mass is 9.91. The Hall–Kier alpha value is -3.61. The van der Waals surface area contributed by atoms with Crippen molar-refractivity contribution in [1.82, 2.24) is 20.0 Å². The molecular formula is C28H34N4O3. The molecule has 1 aliphatic heterocycles. The number of nitrogens with zero attached hydrogens (tertiary/aromatic N) is 3. The maximum atomic E-state index is 13.2. The van der Waals surface area contributed by atoms with Crippen LogP contribution in [0.25, 0.3) is 5.69 Å². The highest BCUT2D eigenvalue weighted by Gasteiger charge is 2.32. The van der Waals surface area contributed by atoms with Crippen molar-refractivity contribution < 1.29 is 14.3 Å². The zero-order valence-electron chi connectivity index (χ0n) is 20.7. The van der Waals surface area contributed by atoms with E-state index in [1.807, 2.05) is 74.0 Å². The van der Waals surface area contributed by atoms with Crippen molar-refractivity contribution in [2.75, 3.05) is 19.6 Å². The predicted molar refractivity (Wildman–Crippen MR) is 136 cm³/mol. The van der Waals surface area contributed by atoms with Crippen LogP contribution in [0.3, 0.4) is 0 Å². The van der Waals surface area contributed by atoms with Gasteiger partial charge in [0.05, 0.1) is 23.1 Å². The van der Waals surface area contributed by atoms with Crippen LogP contribution in [0.15, 0.2) is 66.9 Å². The lowest BCUT2D eigenvalue weighted by Crippen LogP contribution is -2.41. The Labute approximate surface area is 207 Å². The van der Waals surface area contributed by atoms with Gasteiger partial charge in [0.2, 0.25) is 0 Å². The summed E-state index contributed by atoms with van der Waals surface area (Å²) in [5, 5.41) is 7.67. The summed E-state index contributed by atoms with van der Waals surface area (Å²) in [5.41, 5.74) is 3.07. The third kappa shape index (κ3) is 6.29. The number of piperidine rings is 1. The minimum Gasteiger partial charge on any atom is -0.444 e. The van der Waals surface area contributed by atoms with Crippen molar-refractivity contribution in [3.05, 3.63) is 83.7 Å². The van der Waals surface area contributed by atoms with Crippen molar-refractivity contribution in [2.45, 2.75) is 51.6 Å². The smallest absolute Gasteiger partial charge is 0.410 e.